The highest BCUT2D eigenvalue weighted by Gasteiger charge is 2.17. The van der Waals surface area contributed by atoms with E-state index in [1.807, 2.05) is 31.2 Å². The maximum absolute atomic E-state index is 10.1. The molecule has 1 N–H and O–H groups in total. The molecule has 1 aliphatic rings. The van der Waals surface area contributed by atoms with Crippen LogP contribution >= 0.6 is 0 Å². The molecule has 1 aliphatic heterocycles. The Morgan fingerprint density at radius 3 is 2.71 bits per heavy atom. The summed E-state index contributed by atoms with van der Waals surface area (Å²) in [5.41, 5.74) is 2.13. The minimum atomic E-state index is -0.426. The first-order valence-corrected chi connectivity index (χ1v) is 6.24. The molecule has 2 rings (SSSR count). The Balaban J connectivity index is 1.84. The molecule has 0 aromatic heterocycles. The predicted octanol–water partition coefficient (Wildman–Crippen LogP) is 2.57. The van der Waals surface area contributed by atoms with Crippen LogP contribution in [0.1, 0.15) is 36.5 Å². The Labute approximate surface area is 102 Å². The third kappa shape index (κ3) is 3.53. The van der Waals surface area contributed by atoms with Crippen LogP contribution in [0.3, 0.4) is 0 Å². The molecular formula is C14H20O3. The van der Waals surface area contributed by atoms with Gasteiger partial charge in [-0.05, 0) is 30.9 Å². The van der Waals surface area contributed by atoms with Crippen LogP contribution < -0.4 is 0 Å². The average Bonchev–Trinajstić information content (AvgIpc) is 2.38. The third-order valence-electron chi connectivity index (χ3n) is 3.12. The van der Waals surface area contributed by atoms with Gasteiger partial charge in [-0.15, -0.1) is 0 Å². The molecule has 1 heterocycles. The number of ether oxygens (including phenoxy) is 2. The van der Waals surface area contributed by atoms with Gasteiger partial charge in [0.25, 0.3) is 0 Å². The lowest BCUT2D eigenvalue weighted by Crippen LogP contribution is -2.25. The molecule has 17 heavy (non-hydrogen) atoms. The molecule has 1 fully saturated rings. The molecule has 0 bridgehead atoms. The number of rotatable bonds is 4. The van der Waals surface area contributed by atoms with Crippen LogP contribution in [0.2, 0.25) is 0 Å². The van der Waals surface area contributed by atoms with Gasteiger partial charge in [0.05, 0.1) is 19.3 Å². The van der Waals surface area contributed by atoms with Crippen molar-refractivity contribution in [1.82, 2.24) is 0 Å². The Hall–Kier alpha value is -0.900. The first kappa shape index (κ1) is 12.6. The summed E-state index contributed by atoms with van der Waals surface area (Å²) in [5, 5.41) is 10.1. The number of hydrogen-bond acceptors (Lipinski definition) is 3. The summed E-state index contributed by atoms with van der Waals surface area (Å²) in [6.07, 6.45) is 1.83. The molecule has 0 aliphatic carbocycles. The second kappa shape index (κ2) is 6.15. The number of aryl methyl sites for hydroxylation is 1. The van der Waals surface area contributed by atoms with Crippen molar-refractivity contribution in [2.75, 3.05) is 13.2 Å². The van der Waals surface area contributed by atoms with E-state index in [1.165, 1.54) is 0 Å². The highest BCUT2D eigenvalue weighted by Crippen LogP contribution is 2.23. The van der Waals surface area contributed by atoms with Gasteiger partial charge in [-0.25, -0.2) is 0 Å². The monoisotopic (exact) mass is 236 g/mol. The number of aliphatic hydroxyl groups excluding tert-OH is 1. The number of hydrogen-bond donors (Lipinski definition) is 1. The topological polar surface area (TPSA) is 38.7 Å². The fraction of sp³-hybridized carbons (Fsp3) is 0.571. The molecule has 1 aromatic carbocycles. The first-order valence-electron chi connectivity index (χ1n) is 6.24. The minimum Gasteiger partial charge on any atom is -0.388 e. The molecule has 0 spiro atoms. The number of benzene rings is 1. The highest BCUT2D eigenvalue weighted by molar-refractivity contribution is 5.27. The maximum atomic E-state index is 10.1. The van der Waals surface area contributed by atoms with Crippen LogP contribution in [0.4, 0.5) is 0 Å². The molecule has 3 nitrogen and oxygen atoms in total. The van der Waals surface area contributed by atoms with Crippen molar-refractivity contribution < 1.29 is 14.6 Å². The van der Waals surface area contributed by atoms with E-state index in [4.69, 9.17) is 9.47 Å². The van der Waals surface area contributed by atoms with Crippen LogP contribution in [0.25, 0.3) is 0 Å². The lowest BCUT2D eigenvalue weighted by Gasteiger charge is -2.24. The average molecular weight is 236 g/mol. The first-order chi connectivity index (χ1) is 8.27. The van der Waals surface area contributed by atoms with Crippen LogP contribution in [0.5, 0.6) is 0 Å². The standard InChI is InChI=1S/C14H20O3/c1-11-5-2-3-6-12(11)13(15)7-8-14-16-9-4-10-17-14/h2-3,5-6,13-15H,4,7-10H2,1H3/t13-/m1/s1. The second-order valence-electron chi connectivity index (χ2n) is 4.47. The van der Waals surface area contributed by atoms with Crippen LogP contribution in [-0.2, 0) is 9.47 Å². The van der Waals surface area contributed by atoms with Crippen molar-refractivity contribution in [2.24, 2.45) is 0 Å². The second-order valence-corrected chi connectivity index (χ2v) is 4.47. The van der Waals surface area contributed by atoms with Gasteiger partial charge in [0.1, 0.15) is 0 Å². The minimum absolute atomic E-state index is 0.137. The van der Waals surface area contributed by atoms with Gasteiger partial charge in [-0.3, -0.25) is 0 Å². The van der Waals surface area contributed by atoms with E-state index in [0.29, 0.717) is 6.42 Å². The summed E-state index contributed by atoms with van der Waals surface area (Å²) in [6.45, 7) is 3.56. The SMILES string of the molecule is Cc1ccccc1[C@H](O)CCC1OCCCO1. The molecule has 0 saturated carbocycles. The zero-order chi connectivity index (χ0) is 12.1. The van der Waals surface area contributed by atoms with Crippen molar-refractivity contribution in [2.45, 2.75) is 38.6 Å². The Morgan fingerprint density at radius 2 is 2.00 bits per heavy atom. The van der Waals surface area contributed by atoms with Gasteiger partial charge in [-0.1, -0.05) is 24.3 Å². The quantitative estimate of drug-likeness (QED) is 0.873. The Kier molecular flexibility index (Phi) is 4.54. The van der Waals surface area contributed by atoms with E-state index < -0.39 is 6.10 Å². The van der Waals surface area contributed by atoms with Gasteiger partial charge >= 0.3 is 0 Å². The number of aliphatic hydroxyl groups is 1. The van der Waals surface area contributed by atoms with E-state index in [0.717, 1.165) is 37.2 Å². The molecular weight excluding hydrogens is 216 g/mol. The molecule has 1 aromatic rings. The smallest absolute Gasteiger partial charge is 0.157 e. The van der Waals surface area contributed by atoms with E-state index in [2.05, 4.69) is 0 Å². The van der Waals surface area contributed by atoms with Crippen LogP contribution in [0, 0.1) is 6.92 Å². The largest absolute Gasteiger partial charge is 0.388 e. The zero-order valence-corrected chi connectivity index (χ0v) is 10.3. The Morgan fingerprint density at radius 1 is 1.29 bits per heavy atom. The van der Waals surface area contributed by atoms with Gasteiger partial charge in [0, 0.05) is 6.42 Å². The van der Waals surface area contributed by atoms with Gasteiger partial charge in [-0.2, -0.15) is 0 Å². The van der Waals surface area contributed by atoms with Crippen LogP contribution in [0.15, 0.2) is 24.3 Å². The van der Waals surface area contributed by atoms with Crippen molar-refractivity contribution in [3.8, 4) is 0 Å². The molecule has 1 atom stereocenters. The third-order valence-corrected chi connectivity index (χ3v) is 3.12. The van der Waals surface area contributed by atoms with Gasteiger partial charge in [0.2, 0.25) is 0 Å². The van der Waals surface area contributed by atoms with Crippen molar-refractivity contribution in [1.29, 1.82) is 0 Å². The van der Waals surface area contributed by atoms with E-state index in [9.17, 15) is 5.11 Å². The normalized spacial score (nSPS) is 19.2. The summed E-state index contributed by atoms with van der Waals surface area (Å²) in [7, 11) is 0. The van der Waals surface area contributed by atoms with Crippen molar-refractivity contribution >= 4 is 0 Å². The summed E-state index contributed by atoms with van der Waals surface area (Å²) in [6, 6.07) is 7.94. The van der Waals surface area contributed by atoms with E-state index >= 15 is 0 Å². The lowest BCUT2D eigenvalue weighted by molar-refractivity contribution is -0.183. The zero-order valence-electron chi connectivity index (χ0n) is 10.3. The highest BCUT2D eigenvalue weighted by atomic mass is 16.7. The van der Waals surface area contributed by atoms with Crippen LogP contribution in [-0.4, -0.2) is 24.6 Å². The summed E-state index contributed by atoms with van der Waals surface area (Å²) in [4.78, 5) is 0. The van der Waals surface area contributed by atoms with E-state index in [1.54, 1.807) is 0 Å². The lowest BCUT2D eigenvalue weighted by atomic mass is 10.00. The summed E-state index contributed by atoms with van der Waals surface area (Å²) in [5.74, 6) is 0. The fourth-order valence-corrected chi connectivity index (χ4v) is 2.11. The fourth-order valence-electron chi connectivity index (χ4n) is 2.11. The Bertz CT molecular complexity index is 345. The van der Waals surface area contributed by atoms with Gasteiger partial charge in [0.15, 0.2) is 6.29 Å². The molecule has 3 heteroatoms. The van der Waals surface area contributed by atoms with Crippen molar-refractivity contribution in [3.05, 3.63) is 35.4 Å². The molecule has 94 valence electrons. The van der Waals surface area contributed by atoms with Crippen molar-refractivity contribution in [3.63, 3.8) is 0 Å². The molecule has 0 unspecified atom stereocenters. The summed E-state index contributed by atoms with van der Waals surface area (Å²) < 4.78 is 10.9. The molecule has 0 amide bonds. The maximum Gasteiger partial charge on any atom is 0.157 e. The molecule has 1 saturated heterocycles. The predicted molar refractivity (Wildman–Crippen MR) is 65.7 cm³/mol. The molecule has 0 radical (unpaired) electrons. The van der Waals surface area contributed by atoms with E-state index in [-0.39, 0.29) is 6.29 Å². The van der Waals surface area contributed by atoms with Gasteiger partial charge < -0.3 is 14.6 Å². The summed E-state index contributed by atoms with van der Waals surface area (Å²) >= 11 is 0.